The highest BCUT2D eigenvalue weighted by molar-refractivity contribution is 7.89. The zero-order valence-electron chi connectivity index (χ0n) is 16.0. The number of benzene rings is 1. The molecule has 1 aromatic rings. The minimum absolute atomic E-state index is 0.112. The van der Waals surface area contributed by atoms with Crippen LogP contribution in [0, 0.1) is 0 Å². The van der Waals surface area contributed by atoms with Crippen molar-refractivity contribution in [2.45, 2.75) is 23.8 Å². The molecular formula is C17H26N4O5S2. The number of piperazine rings is 1. The molecule has 0 aliphatic carbocycles. The van der Waals surface area contributed by atoms with Gasteiger partial charge in [0.1, 0.15) is 6.04 Å². The highest BCUT2D eigenvalue weighted by atomic mass is 32.2. The van der Waals surface area contributed by atoms with Crippen LogP contribution in [0.2, 0.25) is 0 Å². The Labute approximate surface area is 166 Å². The van der Waals surface area contributed by atoms with E-state index in [4.69, 9.17) is 0 Å². The monoisotopic (exact) mass is 430 g/mol. The van der Waals surface area contributed by atoms with E-state index < -0.39 is 32.0 Å². The molecule has 9 nitrogen and oxygen atoms in total. The van der Waals surface area contributed by atoms with Crippen LogP contribution in [-0.4, -0.2) is 88.3 Å². The van der Waals surface area contributed by atoms with Gasteiger partial charge in [0.05, 0.1) is 11.2 Å². The lowest BCUT2D eigenvalue weighted by molar-refractivity contribution is -0.119. The summed E-state index contributed by atoms with van der Waals surface area (Å²) in [6.45, 7) is 2.48. The van der Waals surface area contributed by atoms with Crippen LogP contribution in [0.4, 0.5) is 5.69 Å². The van der Waals surface area contributed by atoms with Gasteiger partial charge in [-0.15, -0.1) is 0 Å². The van der Waals surface area contributed by atoms with Crippen LogP contribution in [-0.2, 0) is 24.8 Å². The predicted molar refractivity (Wildman–Crippen MR) is 106 cm³/mol. The lowest BCUT2D eigenvalue weighted by Gasteiger charge is -2.31. The number of amides is 1. The standard InChI is InChI=1S/C17H26N4O5S2/c1-19-9-11-20(12-10-19)28(25,26)15-6-3-5-14(13-15)18-17(22)16-7-4-8-21(16)27(2,23)24/h3,5-6,13,16H,4,7-12H2,1-2H3,(H,18,22). The molecule has 0 spiro atoms. The first-order valence-corrected chi connectivity index (χ1v) is 12.4. The van der Waals surface area contributed by atoms with Crippen molar-refractivity contribution in [2.75, 3.05) is 51.3 Å². The quantitative estimate of drug-likeness (QED) is 0.704. The predicted octanol–water partition coefficient (Wildman–Crippen LogP) is -0.0148. The first-order valence-electron chi connectivity index (χ1n) is 9.15. The van der Waals surface area contributed by atoms with Crippen LogP contribution in [0.25, 0.3) is 0 Å². The molecule has 2 fully saturated rings. The number of nitrogens with one attached hydrogen (secondary N) is 1. The Morgan fingerprint density at radius 3 is 2.39 bits per heavy atom. The van der Waals surface area contributed by atoms with Gasteiger partial charge in [0.25, 0.3) is 0 Å². The third kappa shape index (κ3) is 4.54. The first-order chi connectivity index (χ1) is 13.1. The third-order valence-electron chi connectivity index (χ3n) is 5.13. The number of anilines is 1. The van der Waals surface area contributed by atoms with E-state index in [9.17, 15) is 21.6 Å². The molecular weight excluding hydrogens is 404 g/mol. The largest absolute Gasteiger partial charge is 0.325 e. The molecule has 0 bridgehead atoms. The molecule has 1 unspecified atom stereocenters. The molecule has 11 heteroatoms. The smallest absolute Gasteiger partial charge is 0.243 e. The van der Waals surface area contributed by atoms with E-state index in [1.807, 2.05) is 7.05 Å². The van der Waals surface area contributed by atoms with E-state index >= 15 is 0 Å². The molecule has 2 aliphatic rings. The summed E-state index contributed by atoms with van der Waals surface area (Å²) in [4.78, 5) is 14.8. The van der Waals surface area contributed by atoms with Gasteiger partial charge in [0.2, 0.25) is 26.0 Å². The average Bonchev–Trinajstić information content (AvgIpc) is 3.13. The van der Waals surface area contributed by atoms with Gasteiger partial charge in [0, 0.05) is 38.4 Å². The van der Waals surface area contributed by atoms with Crippen LogP contribution >= 0.6 is 0 Å². The van der Waals surface area contributed by atoms with Crippen molar-refractivity contribution in [1.82, 2.24) is 13.5 Å². The summed E-state index contributed by atoms with van der Waals surface area (Å²) in [5.74, 6) is -0.447. The normalized spacial score (nSPS) is 23.0. The fraction of sp³-hybridized carbons (Fsp3) is 0.588. The minimum atomic E-state index is -3.65. The van der Waals surface area contributed by atoms with Crippen molar-refractivity contribution in [3.8, 4) is 0 Å². The molecule has 3 rings (SSSR count). The maximum atomic E-state index is 12.9. The second-order valence-electron chi connectivity index (χ2n) is 7.26. The maximum absolute atomic E-state index is 12.9. The Morgan fingerprint density at radius 1 is 1.07 bits per heavy atom. The van der Waals surface area contributed by atoms with Crippen molar-refractivity contribution >= 4 is 31.6 Å². The summed E-state index contributed by atoms with van der Waals surface area (Å²) < 4.78 is 52.1. The number of hydrogen-bond donors (Lipinski definition) is 1. The SMILES string of the molecule is CN1CCN(S(=O)(=O)c2cccc(NC(=O)C3CCCN3S(C)(=O)=O)c2)CC1. The van der Waals surface area contributed by atoms with Crippen molar-refractivity contribution < 1.29 is 21.6 Å². The number of sulfonamides is 2. The maximum Gasteiger partial charge on any atom is 0.243 e. The number of hydrogen-bond acceptors (Lipinski definition) is 6. The zero-order chi connectivity index (χ0) is 20.5. The fourth-order valence-corrected chi connectivity index (χ4v) is 6.13. The summed E-state index contributed by atoms with van der Waals surface area (Å²) in [6.07, 6.45) is 2.14. The van der Waals surface area contributed by atoms with Crippen LogP contribution in [0.15, 0.2) is 29.2 Å². The molecule has 2 heterocycles. The average molecular weight is 431 g/mol. The number of likely N-dealkylation sites (N-methyl/N-ethyl adjacent to an activating group) is 1. The second kappa shape index (κ2) is 8.07. The fourth-order valence-electron chi connectivity index (χ4n) is 3.54. The summed E-state index contributed by atoms with van der Waals surface area (Å²) in [5, 5.41) is 2.67. The van der Waals surface area contributed by atoms with E-state index in [1.54, 1.807) is 12.1 Å². The topological polar surface area (TPSA) is 107 Å². The Morgan fingerprint density at radius 2 is 1.75 bits per heavy atom. The number of rotatable bonds is 5. The molecule has 1 N–H and O–H groups in total. The molecule has 1 atom stereocenters. The Bertz CT molecular complexity index is 940. The molecule has 1 aromatic carbocycles. The van der Waals surface area contributed by atoms with Crippen LogP contribution < -0.4 is 5.32 Å². The molecule has 156 valence electrons. The highest BCUT2D eigenvalue weighted by Gasteiger charge is 2.36. The number of nitrogens with zero attached hydrogens (tertiary/aromatic N) is 3. The van der Waals surface area contributed by atoms with E-state index in [-0.39, 0.29) is 4.90 Å². The lowest BCUT2D eigenvalue weighted by Crippen LogP contribution is -2.47. The number of carbonyl (C=O) groups excluding carboxylic acids is 1. The van der Waals surface area contributed by atoms with Gasteiger partial charge in [-0.2, -0.15) is 8.61 Å². The van der Waals surface area contributed by atoms with E-state index in [0.717, 1.165) is 6.26 Å². The van der Waals surface area contributed by atoms with Gasteiger partial charge in [-0.3, -0.25) is 4.79 Å². The molecule has 0 aromatic heterocycles. The van der Waals surface area contributed by atoms with Crippen molar-refractivity contribution in [3.05, 3.63) is 24.3 Å². The van der Waals surface area contributed by atoms with Crippen LogP contribution in [0.1, 0.15) is 12.8 Å². The van der Waals surface area contributed by atoms with Crippen molar-refractivity contribution in [3.63, 3.8) is 0 Å². The molecule has 0 saturated carbocycles. The minimum Gasteiger partial charge on any atom is -0.325 e. The number of carbonyl (C=O) groups is 1. The van der Waals surface area contributed by atoms with Gasteiger partial charge >= 0.3 is 0 Å². The summed E-state index contributed by atoms with van der Waals surface area (Å²) >= 11 is 0. The lowest BCUT2D eigenvalue weighted by atomic mass is 10.2. The Balaban J connectivity index is 1.75. The summed E-state index contributed by atoms with van der Waals surface area (Å²) in [7, 11) is -5.17. The Hall–Kier alpha value is -1.53. The summed E-state index contributed by atoms with van der Waals surface area (Å²) in [6, 6.07) is 5.32. The first kappa shape index (κ1) is 21.2. The third-order valence-corrected chi connectivity index (χ3v) is 8.32. The summed E-state index contributed by atoms with van der Waals surface area (Å²) in [5.41, 5.74) is 0.334. The van der Waals surface area contributed by atoms with Crippen molar-refractivity contribution in [2.24, 2.45) is 0 Å². The van der Waals surface area contributed by atoms with Crippen molar-refractivity contribution in [1.29, 1.82) is 0 Å². The van der Waals surface area contributed by atoms with Gasteiger partial charge < -0.3 is 10.2 Å². The van der Waals surface area contributed by atoms with Gasteiger partial charge in [-0.25, -0.2) is 16.8 Å². The van der Waals surface area contributed by atoms with E-state index in [2.05, 4.69) is 10.2 Å². The molecule has 1 amide bonds. The second-order valence-corrected chi connectivity index (χ2v) is 11.1. The van der Waals surface area contributed by atoms with Gasteiger partial charge in [0.15, 0.2) is 0 Å². The molecule has 2 saturated heterocycles. The molecule has 0 radical (unpaired) electrons. The Kier molecular flexibility index (Phi) is 6.11. The molecule has 2 aliphatic heterocycles. The van der Waals surface area contributed by atoms with E-state index in [0.29, 0.717) is 51.3 Å². The van der Waals surface area contributed by atoms with E-state index in [1.165, 1.54) is 20.7 Å². The zero-order valence-corrected chi connectivity index (χ0v) is 17.7. The van der Waals surface area contributed by atoms with Gasteiger partial charge in [-0.05, 0) is 38.1 Å². The molecule has 28 heavy (non-hydrogen) atoms. The van der Waals surface area contributed by atoms with Gasteiger partial charge in [-0.1, -0.05) is 6.07 Å². The highest BCUT2D eigenvalue weighted by Crippen LogP contribution is 2.24. The van der Waals surface area contributed by atoms with Crippen LogP contribution in [0.5, 0.6) is 0 Å². The van der Waals surface area contributed by atoms with Crippen LogP contribution in [0.3, 0.4) is 0 Å².